The van der Waals surface area contributed by atoms with Crippen molar-refractivity contribution in [2.45, 2.75) is 12.8 Å². The Morgan fingerprint density at radius 2 is 2.33 bits per heavy atom. The van der Waals surface area contributed by atoms with Crippen LogP contribution in [-0.4, -0.2) is 6.29 Å². The first-order chi connectivity index (χ1) is 4.36. The number of aldehydes is 1. The Morgan fingerprint density at radius 3 is 2.78 bits per heavy atom. The summed E-state index contributed by atoms with van der Waals surface area (Å²) in [6.45, 7) is 0. The summed E-state index contributed by atoms with van der Waals surface area (Å²) in [7, 11) is 0. The van der Waals surface area contributed by atoms with E-state index >= 15 is 0 Å². The zero-order valence-electron chi connectivity index (χ0n) is 5.00. The fourth-order valence-electron chi connectivity index (χ4n) is 0.897. The number of hydrogen-bond acceptors (Lipinski definition) is 2. The number of nitrogens with zero attached hydrogens (tertiary/aromatic N) is 1. The minimum atomic E-state index is 0.177. The molecule has 1 aliphatic carbocycles. The Bertz CT molecular complexity index is 180. The second-order valence-electron chi connectivity index (χ2n) is 2.20. The lowest BCUT2D eigenvalue weighted by Gasteiger charge is -2.21. The van der Waals surface area contributed by atoms with Gasteiger partial charge in [0.25, 0.3) is 0 Å². The molecule has 2 heteroatoms. The van der Waals surface area contributed by atoms with Crippen LogP contribution in [0, 0.1) is 17.2 Å². The molecule has 0 radical (unpaired) electrons. The van der Waals surface area contributed by atoms with Crippen LogP contribution in [0.4, 0.5) is 0 Å². The molecule has 0 amide bonds. The molecule has 1 fully saturated rings. The molecule has 0 N–H and O–H groups in total. The summed E-state index contributed by atoms with van der Waals surface area (Å²) >= 11 is 0. The molecule has 0 aliphatic heterocycles. The molecular weight excluding hydrogens is 114 g/mol. The lowest BCUT2D eigenvalue weighted by atomic mass is 9.81. The van der Waals surface area contributed by atoms with Crippen molar-refractivity contribution in [1.29, 1.82) is 5.26 Å². The molecule has 1 rings (SSSR count). The van der Waals surface area contributed by atoms with Gasteiger partial charge in [0.05, 0.1) is 12.0 Å². The van der Waals surface area contributed by atoms with Crippen molar-refractivity contribution in [1.82, 2.24) is 0 Å². The summed E-state index contributed by atoms with van der Waals surface area (Å²) in [5, 5.41) is 8.31. The van der Waals surface area contributed by atoms with E-state index < -0.39 is 0 Å². The van der Waals surface area contributed by atoms with Crippen LogP contribution in [0.5, 0.6) is 0 Å². The van der Waals surface area contributed by atoms with Crippen LogP contribution in [0.1, 0.15) is 12.8 Å². The van der Waals surface area contributed by atoms with Crippen LogP contribution in [-0.2, 0) is 4.79 Å². The summed E-state index contributed by atoms with van der Waals surface area (Å²) in [5.41, 5.74) is 1.11. The van der Waals surface area contributed by atoms with E-state index in [2.05, 4.69) is 6.07 Å². The molecule has 0 spiro atoms. The van der Waals surface area contributed by atoms with E-state index in [0.717, 1.165) is 24.7 Å². The van der Waals surface area contributed by atoms with Gasteiger partial charge in [-0.05, 0) is 18.9 Å². The Hall–Kier alpha value is -1.10. The zero-order chi connectivity index (χ0) is 6.69. The third-order valence-electron chi connectivity index (χ3n) is 1.50. The average molecular weight is 121 g/mol. The number of carbonyl (C=O) groups excluding carboxylic acids is 1. The van der Waals surface area contributed by atoms with E-state index in [4.69, 9.17) is 5.26 Å². The molecule has 0 heterocycles. The van der Waals surface area contributed by atoms with Crippen molar-refractivity contribution >= 4 is 6.29 Å². The van der Waals surface area contributed by atoms with Gasteiger partial charge in [0.15, 0.2) is 0 Å². The molecule has 1 aliphatic rings. The highest BCUT2D eigenvalue weighted by atomic mass is 16.1. The first kappa shape index (κ1) is 6.03. The Balaban J connectivity index is 2.36. The number of hydrogen-bond donors (Lipinski definition) is 0. The quantitative estimate of drug-likeness (QED) is 0.384. The zero-order valence-corrected chi connectivity index (χ0v) is 5.00. The van der Waals surface area contributed by atoms with Crippen LogP contribution >= 0.6 is 0 Å². The van der Waals surface area contributed by atoms with Gasteiger partial charge in [-0.3, -0.25) is 4.79 Å². The number of rotatable bonds is 1. The molecule has 0 aromatic rings. The predicted molar refractivity (Wildman–Crippen MR) is 32.5 cm³/mol. The largest absolute Gasteiger partial charge is 0.299 e. The van der Waals surface area contributed by atoms with Crippen LogP contribution in [0.3, 0.4) is 0 Å². The predicted octanol–water partition coefficient (Wildman–Crippen LogP) is 1.05. The standard InChI is InChI=1S/C7H7NO/c8-5-7-3-6(4-7)1-2-9/h1-2,7H,3-4H2. The highest BCUT2D eigenvalue weighted by Gasteiger charge is 2.21. The van der Waals surface area contributed by atoms with Crippen molar-refractivity contribution in [3.63, 3.8) is 0 Å². The number of allylic oxidation sites excluding steroid dienone is 2. The van der Waals surface area contributed by atoms with E-state index in [-0.39, 0.29) is 5.92 Å². The van der Waals surface area contributed by atoms with Gasteiger partial charge < -0.3 is 0 Å². The highest BCUT2D eigenvalue weighted by molar-refractivity contribution is 5.66. The van der Waals surface area contributed by atoms with Crippen LogP contribution in [0.2, 0.25) is 0 Å². The maximum atomic E-state index is 9.84. The van der Waals surface area contributed by atoms with Gasteiger partial charge in [0, 0.05) is 0 Å². The molecule has 9 heavy (non-hydrogen) atoms. The van der Waals surface area contributed by atoms with Crippen molar-refractivity contribution in [2.75, 3.05) is 0 Å². The Morgan fingerprint density at radius 1 is 1.67 bits per heavy atom. The van der Waals surface area contributed by atoms with E-state index in [9.17, 15) is 4.79 Å². The summed E-state index contributed by atoms with van der Waals surface area (Å²) in [6.07, 6.45) is 3.93. The molecule has 0 unspecified atom stereocenters. The Kier molecular flexibility index (Phi) is 1.64. The fraction of sp³-hybridized carbons (Fsp3) is 0.429. The lowest BCUT2D eigenvalue weighted by Crippen LogP contribution is -2.12. The van der Waals surface area contributed by atoms with E-state index in [1.165, 1.54) is 0 Å². The first-order valence-electron chi connectivity index (χ1n) is 2.89. The van der Waals surface area contributed by atoms with Crippen molar-refractivity contribution in [3.05, 3.63) is 11.6 Å². The van der Waals surface area contributed by atoms with E-state index in [1.807, 2.05) is 0 Å². The second kappa shape index (κ2) is 2.45. The Labute approximate surface area is 53.8 Å². The number of nitriles is 1. The smallest absolute Gasteiger partial charge is 0.142 e. The maximum Gasteiger partial charge on any atom is 0.142 e. The first-order valence-corrected chi connectivity index (χ1v) is 2.89. The molecule has 0 aromatic heterocycles. The molecule has 1 saturated carbocycles. The molecule has 0 saturated heterocycles. The average Bonchev–Trinajstić information content (AvgIpc) is 1.77. The van der Waals surface area contributed by atoms with Gasteiger partial charge in [-0.15, -0.1) is 0 Å². The lowest BCUT2D eigenvalue weighted by molar-refractivity contribution is -0.104. The van der Waals surface area contributed by atoms with E-state index in [1.54, 1.807) is 6.08 Å². The SMILES string of the molecule is N#CC1CC(=CC=O)C1. The minimum absolute atomic E-state index is 0.177. The van der Waals surface area contributed by atoms with Crippen molar-refractivity contribution in [3.8, 4) is 6.07 Å². The van der Waals surface area contributed by atoms with Crippen LogP contribution in [0.15, 0.2) is 11.6 Å². The monoisotopic (exact) mass is 121 g/mol. The molecule has 0 aromatic carbocycles. The summed E-state index contributed by atoms with van der Waals surface area (Å²) in [4.78, 5) is 9.84. The van der Waals surface area contributed by atoms with Crippen molar-refractivity contribution in [2.24, 2.45) is 5.92 Å². The van der Waals surface area contributed by atoms with Gasteiger partial charge in [0.2, 0.25) is 0 Å². The second-order valence-corrected chi connectivity index (χ2v) is 2.20. The van der Waals surface area contributed by atoms with Gasteiger partial charge in [-0.2, -0.15) is 5.26 Å². The highest BCUT2D eigenvalue weighted by Crippen LogP contribution is 2.31. The van der Waals surface area contributed by atoms with Gasteiger partial charge in [-0.25, -0.2) is 0 Å². The van der Waals surface area contributed by atoms with E-state index in [0.29, 0.717) is 0 Å². The van der Waals surface area contributed by atoms with Gasteiger partial charge in [-0.1, -0.05) is 5.57 Å². The normalized spacial score (nSPS) is 23.9. The summed E-state index contributed by atoms with van der Waals surface area (Å²) < 4.78 is 0. The molecule has 46 valence electrons. The summed E-state index contributed by atoms with van der Waals surface area (Å²) in [5.74, 6) is 0.177. The summed E-state index contributed by atoms with van der Waals surface area (Å²) in [6, 6.07) is 2.13. The maximum absolute atomic E-state index is 9.84. The van der Waals surface area contributed by atoms with Gasteiger partial charge in [0.1, 0.15) is 6.29 Å². The van der Waals surface area contributed by atoms with Crippen LogP contribution < -0.4 is 0 Å². The number of carbonyl (C=O) groups is 1. The third-order valence-corrected chi connectivity index (χ3v) is 1.50. The van der Waals surface area contributed by atoms with Crippen LogP contribution in [0.25, 0.3) is 0 Å². The minimum Gasteiger partial charge on any atom is -0.299 e. The third kappa shape index (κ3) is 1.17. The molecular formula is C7H7NO. The molecule has 2 nitrogen and oxygen atoms in total. The molecule has 0 atom stereocenters. The topological polar surface area (TPSA) is 40.9 Å². The van der Waals surface area contributed by atoms with Crippen molar-refractivity contribution < 1.29 is 4.79 Å². The molecule has 0 bridgehead atoms. The van der Waals surface area contributed by atoms with Gasteiger partial charge >= 0.3 is 0 Å². The fourth-order valence-corrected chi connectivity index (χ4v) is 0.897.